The second kappa shape index (κ2) is 7.68. The monoisotopic (exact) mass is 311 g/mol. The van der Waals surface area contributed by atoms with Crippen LogP contribution < -0.4 is 14.8 Å². The molecule has 0 aliphatic carbocycles. The van der Waals surface area contributed by atoms with Crippen LogP contribution in [0.15, 0.2) is 48.5 Å². The molecule has 0 atom stereocenters. The van der Waals surface area contributed by atoms with E-state index in [9.17, 15) is 4.79 Å². The molecule has 0 fully saturated rings. The van der Waals surface area contributed by atoms with Crippen LogP contribution in [-0.4, -0.2) is 25.7 Å². The number of rotatable bonds is 6. The summed E-state index contributed by atoms with van der Waals surface area (Å²) < 4.78 is 11.3. The summed E-state index contributed by atoms with van der Waals surface area (Å²) in [6.07, 6.45) is 2.16. The van der Waals surface area contributed by atoms with Crippen molar-refractivity contribution >= 4 is 5.91 Å². The predicted molar refractivity (Wildman–Crippen MR) is 88.9 cm³/mol. The van der Waals surface area contributed by atoms with Crippen LogP contribution in [0.1, 0.15) is 17.5 Å². The highest BCUT2D eigenvalue weighted by atomic mass is 16.6. The van der Waals surface area contributed by atoms with Gasteiger partial charge in [-0.3, -0.25) is 4.79 Å². The lowest BCUT2D eigenvalue weighted by Gasteiger charge is -2.20. The van der Waals surface area contributed by atoms with E-state index in [0.29, 0.717) is 26.2 Å². The zero-order chi connectivity index (χ0) is 15.9. The van der Waals surface area contributed by atoms with Gasteiger partial charge in [0.1, 0.15) is 13.2 Å². The summed E-state index contributed by atoms with van der Waals surface area (Å²) in [7, 11) is 0. The Kier molecular flexibility index (Phi) is 5.14. The third-order valence-electron chi connectivity index (χ3n) is 3.80. The summed E-state index contributed by atoms with van der Waals surface area (Å²) in [4.78, 5) is 11.9. The van der Waals surface area contributed by atoms with Gasteiger partial charge in [0.25, 0.3) is 0 Å². The van der Waals surface area contributed by atoms with Crippen molar-refractivity contribution in [3.8, 4) is 11.5 Å². The lowest BCUT2D eigenvalue weighted by Crippen LogP contribution is -2.26. The lowest BCUT2D eigenvalue weighted by atomic mass is 10.1. The summed E-state index contributed by atoms with van der Waals surface area (Å²) in [6.45, 7) is 1.86. The van der Waals surface area contributed by atoms with Crippen LogP contribution in [0.25, 0.3) is 0 Å². The first kappa shape index (κ1) is 15.4. The molecule has 0 aromatic heterocycles. The maximum Gasteiger partial charge on any atom is 0.224 e. The van der Waals surface area contributed by atoms with Crippen molar-refractivity contribution in [2.24, 2.45) is 0 Å². The minimum Gasteiger partial charge on any atom is -0.486 e. The molecule has 0 saturated carbocycles. The molecule has 1 amide bonds. The summed E-state index contributed by atoms with van der Waals surface area (Å²) in [5.41, 5.74) is 2.17. The Labute approximate surface area is 136 Å². The maximum atomic E-state index is 11.9. The number of carbonyl (C=O) groups excluding carboxylic acids is 1. The minimum atomic E-state index is 0.0610. The number of hydrogen-bond acceptors (Lipinski definition) is 3. The normalized spacial score (nSPS) is 12.7. The van der Waals surface area contributed by atoms with Crippen LogP contribution in [0.3, 0.4) is 0 Å². The van der Waals surface area contributed by atoms with Gasteiger partial charge in [-0.05, 0) is 30.0 Å². The van der Waals surface area contributed by atoms with Crippen LogP contribution in [0.2, 0.25) is 0 Å². The van der Waals surface area contributed by atoms with Gasteiger partial charge in [0.2, 0.25) is 5.91 Å². The van der Waals surface area contributed by atoms with Crippen molar-refractivity contribution in [2.45, 2.75) is 19.3 Å². The molecule has 2 aromatic rings. The first-order valence-electron chi connectivity index (χ1n) is 8.01. The van der Waals surface area contributed by atoms with Crippen molar-refractivity contribution < 1.29 is 14.3 Å². The maximum absolute atomic E-state index is 11.9. The number of benzene rings is 2. The van der Waals surface area contributed by atoms with Gasteiger partial charge < -0.3 is 14.8 Å². The van der Waals surface area contributed by atoms with Crippen LogP contribution in [-0.2, 0) is 17.6 Å². The highest BCUT2D eigenvalue weighted by Crippen LogP contribution is 2.34. The summed E-state index contributed by atoms with van der Waals surface area (Å²) in [5.74, 6) is 1.74. The average molecular weight is 311 g/mol. The third-order valence-corrected chi connectivity index (χ3v) is 3.80. The quantitative estimate of drug-likeness (QED) is 0.835. The summed E-state index contributed by atoms with van der Waals surface area (Å²) in [6, 6.07) is 15.7. The summed E-state index contributed by atoms with van der Waals surface area (Å²) >= 11 is 0. The van der Waals surface area contributed by atoms with Crippen LogP contribution in [0.4, 0.5) is 0 Å². The molecule has 1 aliphatic rings. The van der Waals surface area contributed by atoms with E-state index in [4.69, 9.17) is 9.47 Å². The van der Waals surface area contributed by atoms with E-state index in [0.717, 1.165) is 35.5 Å². The van der Waals surface area contributed by atoms with Crippen LogP contribution in [0, 0.1) is 0 Å². The highest BCUT2D eigenvalue weighted by Gasteiger charge is 2.15. The molecule has 4 heteroatoms. The highest BCUT2D eigenvalue weighted by molar-refractivity contribution is 5.78. The molecule has 1 heterocycles. The van der Waals surface area contributed by atoms with Gasteiger partial charge in [-0.2, -0.15) is 0 Å². The number of carbonyl (C=O) groups is 1. The van der Waals surface area contributed by atoms with Gasteiger partial charge in [-0.15, -0.1) is 0 Å². The van der Waals surface area contributed by atoms with Gasteiger partial charge >= 0.3 is 0 Å². The third kappa shape index (κ3) is 4.25. The number of nitrogens with one attached hydrogen (secondary N) is 1. The van der Waals surface area contributed by atoms with E-state index in [1.54, 1.807) is 0 Å². The first-order valence-corrected chi connectivity index (χ1v) is 8.01. The number of hydrogen-bond donors (Lipinski definition) is 1. The Hall–Kier alpha value is -2.49. The zero-order valence-electron chi connectivity index (χ0n) is 13.1. The molecular weight excluding hydrogens is 290 g/mol. The molecule has 23 heavy (non-hydrogen) atoms. The molecule has 3 rings (SSSR count). The van der Waals surface area contributed by atoms with Crippen molar-refractivity contribution in [2.75, 3.05) is 19.8 Å². The molecule has 1 N–H and O–H groups in total. The van der Waals surface area contributed by atoms with Gasteiger partial charge in [0.05, 0.1) is 6.42 Å². The molecule has 2 aromatic carbocycles. The Balaban J connectivity index is 1.44. The predicted octanol–water partition coefficient (Wildman–Crippen LogP) is 2.75. The molecule has 0 unspecified atom stereocenters. The van der Waals surface area contributed by atoms with Gasteiger partial charge in [-0.1, -0.05) is 42.5 Å². The number of para-hydroxylation sites is 1. The SMILES string of the molecule is O=C(Cc1ccccc1)NCCCc1cccc2c1OCCO2. The van der Waals surface area contributed by atoms with Crippen molar-refractivity contribution in [3.63, 3.8) is 0 Å². The fourth-order valence-electron chi connectivity index (χ4n) is 2.68. The molecule has 4 nitrogen and oxygen atoms in total. The molecule has 0 spiro atoms. The first-order chi connectivity index (χ1) is 11.3. The van der Waals surface area contributed by atoms with Crippen molar-refractivity contribution in [1.29, 1.82) is 0 Å². The topological polar surface area (TPSA) is 47.6 Å². The van der Waals surface area contributed by atoms with E-state index in [-0.39, 0.29) is 5.91 Å². The van der Waals surface area contributed by atoms with Crippen LogP contribution in [0.5, 0.6) is 11.5 Å². The molecule has 0 radical (unpaired) electrons. The Morgan fingerprint density at radius 1 is 1.00 bits per heavy atom. The van der Waals surface area contributed by atoms with Gasteiger partial charge in [0.15, 0.2) is 11.5 Å². The standard InChI is InChI=1S/C19H21NO3/c21-18(14-15-6-2-1-3-7-15)20-11-5-9-16-8-4-10-17-19(16)23-13-12-22-17/h1-4,6-8,10H,5,9,11-14H2,(H,20,21). The van der Waals surface area contributed by atoms with E-state index >= 15 is 0 Å². The van der Waals surface area contributed by atoms with Crippen molar-refractivity contribution in [3.05, 3.63) is 59.7 Å². The summed E-state index contributed by atoms with van der Waals surface area (Å²) in [5, 5.41) is 2.97. The molecule has 1 aliphatic heterocycles. The van der Waals surface area contributed by atoms with E-state index < -0.39 is 0 Å². The second-order valence-electron chi connectivity index (χ2n) is 5.56. The van der Waals surface area contributed by atoms with Gasteiger partial charge in [-0.25, -0.2) is 0 Å². The Morgan fingerprint density at radius 3 is 2.70 bits per heavy atom. The molecule has 0 bridgehead atoms. The average Bonchev–Trinajstić information content (AvgIpc) is 2.60. The van der Waals surface area contributed by atoms with Gasteiger partial charge in [0, 0.05) is 6.54 Å². The van der Waals surface area contributed by atoms with E-state index in [2.05, 4.69) is 11.4 Å². The Morgan fingerprint density at radius 2 is 1.83 bits per heavy atom. The minimum absolute atomic E-state index is 0.0610. The number of amides is 1. The van der Waals surface area contributed by atoms with Crippen molar-refractivity contribution in [1.82, 2.24) is 5.32 Å². The second-order valence-corrected chi connectivity index (χ2v) is 5.56. The Bertz CT molecular complexity index is 655. The molecule has 120 valence electrons. The molecule has 0 saturated heterocycles. The molecular formula is C19H21NO3. The van der Waals surface area contributed by atoms with E-state index in [1.807, 2.05) is 42.5 Å². The number of aryl methyl sites for hydroxylation is 1. The zero-order valence-corrected chi connectivity index (χ0v) is 13.1. The largest absolute Gasteiger partial charge is 0.486 e. The fraction of sp³-hybridized carbons (Fsp3) is 0.316. The van der Waals surface area contributed by atoms with E-state index in [1.165, 1.54) is 0 Å². The lowest BCUT2D eigenvalue weighted by molar-refractivity contribution is -0.120. The fourth-order valence-corrected chi connectivity index (χ4v) is 2.68. The number of fused-ring (bicyclic) bond motifs is 1. The smallest absolute Gasteiger partial charge is 0.224 e. The number of ether oxygens (including phenoxy) is 2. The van der Waals surface area contributed by atoms with Crippen LogP contribution >= 0.6 is 0 Å².